The first-order valence-electron chi connectivity index (χ1n) is 7.53. The molecule has 4 nitrogen and oxygen atoms in total. The van der Waals surface area contributed by atoms with E-state index in [1.165, 1.54) is 4.90 Å². The average Bonchev–Trinajstić information content (AvgIpc) is 2.53. The Bertz CT molecular complexity index is 583. The number of hydrogen-bond acceptors (Lipinski definition) is 3. The second-order valence-electron chi connectivity index (χ2n) is 6.15. The molecule has 0 bridgehead atoms. The van der Waals surface area contributed by atoms with E-state index >= 15 is 0 Å². The van der Waals surface area contributed by atoms with Crippen LogP contribution in [0.25, 0.3) is 0 Å². The second kappa shape index (κ2) is 5.17. The predicted molar refractivity (Wildman–Crippen MR) is 79.0 cm³/mol. The Balaban J connectivity index is 2.09. The first-order chi connectivity index (χ1) is 10.1. The molecule has 1 aliphatic heterocycles. The smallest absolute Gasteiger partial charge is 0.232 e. The number of ether oxygens (including phenoxy) is 1. The molecular weight excluding hydrogens is 266 g/mol. The van der Waals surface area contributed by atoms with Crippen LogP contribution >= 0.6 is 0 Å². The van der Waals surface area contributed by atoms with E-state index in [0.717, 1.165) is 37.0 Å². The molecule has 1 aromatic carbocycles. The van der Waals surface area contributed by atoms with E-state index in [4.69, 9.17) is 4.74 Å². The summed E-state index contributed by atoms with van der Waals surface area (Å²) in [6, 6.07) is 7.87. The van der Waals surface area contributed by atoms with Crippen molar-refractivity contribution in [3.05, 3.63) is 29.8 Å². The summed E-state index contributed by atoms with van der Waals surface area (Å²) in [6.45, 7) is 0. The average molecular weight is 287 g/mol. The Morgan fingerprint density at radius 3 is 2.86 bits per heavy atom. The third-order valence-corrected chi connectivity index (χ3v) is 5.15. The third kappa shape index (κ3) is 2.13. The van der Waals surface area contributed by atoms with Gasteiger partial charge in [0.15, 0.2) is 0 Å². The zero-order chi connectivity index (χ0) is 15.0. The minimum absolute atomic E-state index is 0.0197. The molecule has 1 aliphatic carbocycles. The normalized spacial score (nSPS) is 29.2. The van der Waals surface area contributed by atoms with Crippen molar-refractivity contribution in [2.75, 3.05) is 14.2 Å². The minimum atomic E-state index is -0.340. The van der Waals surface area contributed by atoms with E-state index in [1.807, 2.05) is 24.3 Å². The number of piperidine rings is 1. The zero-order valence-corrected chi connectivity index (χ0v) is 12.6. The Morgan fingerprint density at radius 1 is 1.29 bits per heavy atom. The van der Waals surface area contributed by atoms with E-state index in [-0.39, 0.29) is 23.1 Å². The second-order valence-corrected chi connectivity index (χ2v) is 6.15. The summed E-state index contributed by atoms with van der Waals surface area (Å²) in [5, 5.41) is 0. The highest BCUT2D eigenvalue weighted by Crippen LogP contribution is 2.50. The van der Waals surface area contributed by atoms with Crippen LogP contribution < -0.4 is 4.74 Å². The van der Waals surface area contributed by atoms with Crippen molar-refractivity contribution in [2.45, 2.75) is 37.5 Å². The predicted octanol–water partition coefficient (Wildman–Crippen LogP) is 2.51. The lowest BCUT2D eigenvalue weighted by Crippen LogP contribution is -2.56. The quantitative estimate of drug-likeness (QED) is 0.785. The molecule has 1 saturated heterocycles. The molecule has 2 amide bonds. The number of amides is 2. The van der Waals surface area contributed by atoms with Crippen LogP contribution in [0.4, 0.5) is 0 Å². The summed E-state index contributed by atoms with van der Waals surface area (Å²) in [7, 11) is 3.24. The minimum Gasteiger partial charge on any atom is -0.497 e. The van der Waals surface area contributed by atoms with Gasteiger partial charge in [-0.25, -0.2) is 0 Å². The van der Waals surface area contributed by atoms with Crippen molar-refractivity contribution in [1.82, 2.24) is 4.90 Å². The molecule has 0 radical (unpaired) electrons. The van der Waals surface area contributed by atoms with Gasteiger partial charge in [-0.3, -0.25) is 14.5 Å². The molecule has 1 saturated carbocycles. The van der Waals surface area contributed by atoms with Crippen LogP contribution in [0.15, 0.2) is 24.3 Å². The fourth-order valence-corrected chi connectivity index (χ4v) is 3.94. The molecule has 0 spiro atoms. The van der Waals surface area contributed by atoms with Gasteiger partial charge < -0.3 is 4.74 Å². The number of nitrogens with zero attached hydrogens (tertiary/aromatic N) is 1. The molecule has 0 unspecified atom stereocenters. The van der Waals surface area contributed by atoms with Crippen molar-refractivity contribution in [2.24, 2.45) is 5.92 Å². The van der Waals surface area contributed by atoms with Crippen LogP contribution in [-0.2, 0) is 15.0 Å². The van der Waals surface area contributed by atoms with Crippen LogP contribution in [0.1, 0.15) is 37.7 Å². The van der Waals surface area contributed by atoms with Gasteiger partial charge in [0.2, 0.25) is 11.8 Å². The number of rotatable bonds is 2. The van der Waals surface area contributed by atoms with E-state index < -0.39 is 0 Å². The summed E-state index contributed by atoms with van der Waals surface area (Å²) in [5.74, 6) is 0.612. The Hall–Kier alpha value is -1.84. The van der Waals surface area contributed by atoms with Gasteiger partial charge in [-0.2, -0.15) is 0 Å². The molecule has 1 aromatic rings. The maximum Gasteiger partial charge on any atom is 0.232 e. The number of fused-ring (bicyclic) bond motifs is 1. The number of methoxy groups -OCH3 is 1. The monoisotopic (exact) mass is 287 g/mol. The van der Waals surface area contributed by atoms with E-state index in [1.54, 1.807) is 14.2 Å². The molecule has 2 atom stereocenters. The van der Waals surface area contributed by atoms with Crippen LogP contribution in [-0.4, -0.2) is 30.9 Å². The first kappa shape index (κ1) is 14.1. The number of hydrogen-bond donors (Lipinski definition) is 0. The van der Waals surface area contributed by atoms with Crippen molar-refractivity contribution < 1.29 is 14.3 Å². The van der Waals surface area contributed by atoms with Gasteiger partial charge in [-0.05, 0) is 30.5 Å². The number of carbonyl (C=O) groups excluding carboxylic acids is 2. The summed E-state index contributed by atoms with van der Waals surface area (Å²) in [4.78, 5) is 26.2. The molecule has 21 heavy (non-hydrogen) atoms. The number of carbonyl (C=O) groups is 2. The maximum absolute atomic E-state index is 12.6. The van der Waals surface area contributed by atoms with Crippen molar-refractivity contribution in [3.63, 3.8) is 0 Å². The molecule has 0 aromatic heterocycles. The highest BCUT2D eigenvalue weighted by molar-refractivity contribution is 6.00. The Kier molecular flexibility index (Phi) is 3.47. The fourth-order valence-electron chi connectivity index (χ4n) is 3.94. The molecule has 3 rings (SSSR count). The molecule has 0 N–H and O–H groups in total. The lowest BCUT2D eigenvalue weighted by Gasteiger charge is -2.48. The third-order valence-electron chi connectivity index (χ3n) is 5.15. The van der Waals surface area contributed by atoms with Gasteiger partial charge in [0.25, 0.3) is 0 Å². The molecule has 4 heteroatoms. The molecule has 112 valence electrons. The summed E-state index contributed by atoms with van der Waals surface area (Å²) in [6.07, 6.45) is 4.32. The van der Waals surface area contributed by atoms with E-state index in [2.05, 4.69) is 0 Å². The Morgan fingerprint density at radius 2 is 2.10 bits per heavy atom. The number of likely N-dealkylation sites (tertiary alicyclic amines) is 1. The van der Waals surface area contributed by atoms with E-state index in [9.17, 15) is 9.59 Å². The zero-order valence-electron chi connectivity index (χ0n) is 12.6. The highest BCUT2D eigenvalue weighted by Gasteiger charge is 2.52. The fraction of sp³-hybridized carbons (Fsp3) is 0.529. The standard InChI is InChI=1S/C17H21NO3/c1-18-15(19)11-17(9-4-3-8-14(17)16(18)20)12-6-5-7-13(10-12)21-2/h5-7,10,14H,3-4,8-9,11H2,1-2H3/t14-,17+/m0/s1. The number of benzene rings is 1. The summed E-state index contributed by atoms with van der Waals surface area (Å²) < 4.78 is 5.32. The van der Waals surface area contributed by atoms with Gasteiger partial charge in [0, 0.05) is 24.8 Å². The van der Waals surface area contributed by atoms with Crippen LogP contribution in [0.3, 0.4) is 0 Å². The van der Waals surface area contributed by atoms with Gasteiger partial charge in [0.1, 0.15) is 5.75 Å². The molecular formula is C17H21NO3. The topological polar surface area (TPSA) is 46.6 Å². The lowest BCUT2D eigenvalue weighted by molar-refractivity contribution is -0.155. The highest BCUT2D eigenvalue weighted by atomic mass is 16.5. The van der Waals surface area contributed by atoms with E-state index in [0.29, 0.717) is 6.42 Å². The van der Waals surface area contributed by atoms with Gasteiger partial charge in [-0.1, -0.05) is 25.0 Å². The van der Waals surface area contributed by atoms with Crippen molar-refractivity contribution >= 4 is 11.8 Å². The summed E-state index contributed by atoms with van der Waals surface area (Å²) >= 11 is 0. The van der Waals surface area contributed by atoms with Crippen molar-refractivity contribution in [1.29, 1.82) is 0 Å². The van der Waals surface area contributed by atoms with Crippen LogP contribution in [0.5, 0.6) is 5.75 Å². The molecule has 2 fully saturated rings. The SMILES string of the molecule is COc1cccc([C@]23CCCC[C@H]2C(=O)N(C)C(=O)C3)c1. The van der Waals surface area contributed by atoms with Gasteiger partial charge in [-0.15, -0.1) is 0 Å². The first-order valence-corrected chi connectivity index (χ1v) is 7.53. The van der Waals surface area contributed by atoms with Crippen LogP contribution in [0.2, 0.25) is 0 Å². The number of imide groups is 1. The molecule has 1 heterocycles. The summed E-state index contributed by atoms with van der Waals surface area (Å²) in [5.41, 5.74) is 0.731. The van der Waals surface area contributed by atoms with Gasteiger partial charge in [0.05, 0.1) is 7.11 Å². The Labute approximate surface area is 125 Å². The lowest BCUT2D eigenvalue weighted by atomic mass is 9.58. The van der Waals surface area contributed by atoms with Crippen molar-refractivity contribution in [3.8, 4) is 5.75 Å². The largest absolute Gasteiger partial charge is 0.497 e. The molecule has 2 aliphatic rings. The van der Waals surface area contributed by atoms with Gasteiger partial charge >= 0.3 is 0 Å². The van der Waals surface area contributed by atoms with Crippen LogP contribution in [0, 0.1) is 5.92 Å². The maximum atomic E-state index is 12.6.